The number of aliphatic hydroxyl groups is 4. The standard InChI is InChI=1S/C31H52O5/c1-21(10-8-16-30(3,4)35)25-14-15-26-23(11-9-17-31(25,26)5)12-13-24-20-27(33)29(28(34)22(24)2)36-19-7-6-18-32/h12-13,21,25-29,32-35H,2,6-11,14-20H2,1,3-5H3/b23-12+,24-13-/t21-,25-,26+,27-,28-,29-,31-/m1/s1. The summed E-state index contributed by atoms with van der Waals surface area (Å²) >= 11 is 0. The molecule has 3 aliphatic rings. The van der Waals surface area contributed by atoms with Crippen LogP contribution in [0.25, 0.3) is 0 Å². The predicted molar refractivity (Wildman–Crippen MR) is 145 cm³/mol. The Bertz CT molecular complexity index is 793. The summed E-state index contributed by atoms with van der Waals surface area (Å²) in [5, 5.41) is 40.5. The smallest absolute Gasteiger partial charge is 0.114 e. The van der Waals surface area contributed by atoms with Gasteiger partial charge in [0.15, 0.2) is 0 Å². The second kappa shape index (κ2) is 12.7. The van der Waals surface area contributed by atoms with Crippen molar-refractivity contribution in [1.82, 2.24) is 0 Å². The molecule has 0 amide bonds. The van der Waals surface area contributed by atoms with Gasteiger partial charge in [-0.15, -0.1) is 0 Å². The van der Waals surface area contributed by atoms with Crippen LogP contribution >= 0.6 is 0 Å². The molecule has 0 saturated heterocycles. The molecule has 0 spiro atoms. The van der Waals surface area contributed by atoms with Crippen LogP contribution in [0.4, 0.5) is 0 Å². The van der Waals surface area contributed by atoms with Gasteiger partial charge in [-0.1, -0.05) is 51.0 Å². The van der Waals surface area contributed by atoms with Crippen molar-refractivity contribution >= 4 is 0 Å². The molecule has 0 aromatic heterocycles. The molecule has 0 radical (unpaired) electrons. The van der Waals surface area contributed by atoms with Crippen molar-refractivity contribution in [2.75, 3.05) is 13.2 Å². The molecule has 5 heteroatoms. The van der Waals surface area contributed by atoms with E-state index < -0.39 is 23.9 Å². The molecule has 7 atom stereocenters. The van der Waals surface area contributed by atoms with Crippen LogP contribution < -0.4 is 0 Å². The topological polar surface area (TPSA) is 90.2 Å². The van der Waals surface area contributed by atoms with Gasteiger partial charge in [0.1, 0.15) is 12.2 Å². The highest BCUT2D eigenvalue weighted by atomic mass is 16.5. The molecule has 3 fully saturated rings. The lowest BCUT2D eigenvalue weighted by Gasteiger charge is -2.44. The molecule has 206 valence electrons. The van der Waals surface area contributed by atoms with Crippen LogP contribution in [-0.4, -0.2) is 57.6 Å². The Kier molecular flexibility index (Phi) is 10.4. The van der Waals surface area contributed by atoms with Gasteiger partial charge < -0.3 is 25.2 Å². The summed E-state index contributed by atoms with van der Waals surface area (Å²) in [6.07, 6.45) is 13.1. The van der Waals surface area contributed by atoms with Crippen LogP contribution in [-0.2, 0) is 4.74 Å². The SMILES string of the molecule is C=C1/C(=C\C=C2/CCC[C@]3(C)[C@@H]([C@H](C)CCCC(C)(C)O)CC[C@@H]23)C[C@@H](O)[C@@H](OCCCCO)[C@@H]1O. The van der Waals surface area contributed by atoms with Crippen LogP contribution in [0.2, 0.25) is 0 Å². The summed E-state index contributed by atoms with van der Waals surface area (Å²) in [6.45, 7) is 13.4. The zero-order valence-electron chi connectivity index (χ0n) is 23.2. The Morgan fingerprint density at radius 3 is 2.61 bits per heavy atom. The maximum atomic E-state index is 10.8. The Hall–Kier alpha value is -0.980. The van der Waals surface area contributed by atoms with E-state index in [-0.39, 0.29) is 6.61 Å². The first-order valence-electron chi connectivity index (χ1n) is 14.4. The molecule has 5 nitrogen and oxygen atoms in total. The fourth-order valence-corrected chi connectivity index (χ4v) is 7.36. The van der Waals surface area contributed by atoms with Gasteiger partial charge in [-0.05, 0) is 99.5 Å². The number of hydrogen-bond donors (Lipinski definition) is 4. The van der Waals surface area contributed by atoms with Crippen LogP contribution in [0.5, 0.6) is 0 Å². The first kappa shape index (κ1) is 29.6. The van der Waals surface area contributed by atoms with E-state index in [1.807, 2.05) is 13.8 Å². The minimum absolute atomic E-state index is 0.120. The normalized spacial score (nSPS) is 36.4. The lowest BCUT2D eigenvalue weighted by atomic mass is 9.60. The molecule has 0 aromatic carbocycles. The van der Waals surface area contributed by atoms with Gasteiger partial charge in [0.25, 0.3) is 0 Å². The fraction of sp³-hybridized carbons (Fsp3) is 0.806. The zero-order chi connectivity index (χ0) is 26.5. The van der Waals surface area contributed by atoms with E-state index in [9.17, 15) is 15.3 Å². The summed E-state index contributed by atoms with van der Waals surface area (Å²) in [5.41, 5.74) is 2.83. The first-order chi connectivity index (χ1) is 17.0. The van der Waals surface area contributed by atoms with E-state index in [4.69, 9.17) is 9.84 Å². The van der Waals surface area contributed by atoms with E-state index in [0.29, 0.717) is 48.7 Å². The van der Waals surface area contributed by atoms with Crippen LogP contribution in [0.3, 0.4) is 0 Å². The minimum Gasteiger partial charge on any atom is -0.396 e. The number of aliphatic hydroxyl groups excluding tert-OH is 3. The van der Waals surface area contributed by atoms with Crippen molar-refractivity contribution in [3.05, 3.63) is 35.5 Å². The van der Waals surface area contributed by atoms with Crippen molar-refractivity contribution in [1.29, 1.82) is 0 Å². The quantitative estimate of drug-likeness (QED) is 0.280. The number of fused-ring (bicyclic) bond motifs is 1. The maximum Gasteiger partial charge on any atom is 0.114 e. The van der Waals surface area contributed by atoms with Crippen molar-refractivity contribution in [2.24, 2.45) is 23.2 Å². The van der Waals surface area contributed by atoms with Gasteiger partial charge in [0.2, 0.25) is 0 Å². The summed E-state index contributed by atoms with van der Waals surface area (Å²) in [6, 6.07) is 0. The number of unbranched alkanes of at least 4 members (excludes halogenated alkanes) is 1. The molecule has 3 rings (SSSR count). The lowest BCUT2D eigenvalue weighted by Crippen LogP contribution is -2.45. The molecule has 3 saturated carbocycles. The van der Waals surface area contributed by atoms with E-state index >= 15 is 0 Å². The van der Waals surface area contributed by atoms with Gasteiger partial charge in [-0.3, -0.25) is 0 Å². The average Bonchev–Trinajstić information content (AvgIpc) is 3.16. The summed E-state index contributed by atoms with van der Waals surface area (Å²) in [5.74, 6) is 1.98. The van der Waals surface area contributed by atoms with Crippen molar-refractivity contribution in [3.8, 4) is 0 Å². The van der Waals surface area contributed by atoms with Crippen molar-refractivity contribution in [2.45, 2.75) is 122 Å². The van der Waals surface area contributed by atoms with Gasteiger partial charge in [0, 0.05) is 19.6 Å². The van der Waals surface area contributed by atoms with Crippen LogP contribution in [0.1, 0.15) is 98.3 Å². The third-order valence-electron chi connectivity index (χ3n) is 9.42. The third-order valence-corrected chi connectivity index (χ3v) is 9.42. The van der Waals surface area contributed by atoms with Crippen molar-refractivity contribution in [3.63, 3.8) is 0 Å². The second-order valence-corrected chi connectivity index (χ2v) is 12.7. The molecule has 4 N–H and O–H groups in total. The third kappa shape index (κ3) is 7.11. The average molecular weight is 505 g/mol. The second-order valence-electron chi connectivity index (χ2n) is 12.7. The summed E-state index contributed by atoms with van der Waals surface area (Å²) in [7, 11) is 0. The van der Waals surface area contributed by atoms with Gasteiger partial charge >= 0.3 is 0 Å². The summed E-state index contributed by atoms with van der Waals surface area (Å²) < 4.78 is 5.74. The molecule has 0 unspecified atom stereocenters. The van der Waals surface area contributed by atoms with Gasteiger partial charge in [0.05, 0.1) is 11.7 Å². The largest absolute Gasteiger partial charge is 0.396 e. The first-order valence-corrected chi connectivity index (χ1v) is 14.4. The summed E-state index contributed by atoms with van der Waals surface area (Å²) in [4.78, 5) is 0. The Morgan fingerprint density at radius 1 is 1.17 bits per heavy atom. The van der Waals surface area contributed by atoms with Crippen LogP contribution in [0, 0.1) is 23.2 Å². The highest BCUT2D eigenvalue weighted by Crippen LogP contribution is 2.60. The maximum absolute atomic E-state index is 10.8. The predicted octanol–water partition coefficient (Wildman–Crippen LogP) is 5.47. The Balaban J connectivity index is 1.65. The number of hydrogen-bond acceptors (Lipinski definition) is 5. The molecule has 3 aliphatic carbocycles. The molecular weight excluding hydrogens is 452 g/mol. The monoisotopic (exact) mass is 504 g/mol. The molecule has 0 aliphatic heterocycles. The Labute approximate surface area is 219 Å². The molecule has 0 heterocycles. The van der Waals surface area contributed by atoms with Crippen molar-refractivity contribution < 1.29 is 25.2 Å². The molecular formula is C31H52O5. The number of allylic oxidation sites excluding steroid dienone is 3. The number of ether oxygens (including phenoxy) is 1. The molecule has 0 aromatic rings. The number of rotatable bonds is 11. The molecule has 0 bridgehead atoms. The lowest BCUT2D eigenvalue weighted by molar-refractivity contribution is -0.0958. The Morgan fingerprint density at radius 2 is 1.92 bits per heavy atom. The minimum atomic E-state index is -0.912. The van der Waals surface area contributed by atoms with Gasteiger partial charge in [-0.25, -0.2) is 0 Å². The molecule has 36 heavy (non-hydrogen) atoms. The van der Waals surface area contributed by atoms with Gasteiger partial charge in [-0.2, -0.15) is 0 Å². The highest BCUT2D eigenvalue weighted by molar-refractivity contribution is 5.40. The van der Waals surface area contributed by atoms with Crippen LogP contribution in [0.15, 0.2) is 35.5 Å². The van der Waals surface area contributed by atoms with E-state index in [1.165, 1.54) is 37.7 Å². The van der Waals surface area contributed by atoms with E-state index in [2.05, 4.69) is 32.6 Å². The zero-order valence-corrected chi connectivity index (χ0v) is 23.2. The van der Waals surface area contributed by atoms with E-state index in [1.54, 1.807) is 0 Å². The highest BCUT2D eigenvalue weighted by Gasteiger charge is 2.50. The fourth-order valence-electron chi connectivity index (χ4n) is 7.36. The van der Waals surface area contributed by atoms with E-state index in [0.717, 1.165) is 30.8 Å².